The molecule has 0 aliphatic carbocycles. The summed E-state index contributed by atoms with van der Waals surface area (Å²) in [6, 6.07) is 3.25. The Hall–Kier alpha value is -0.790. The number of aromatic nitrogens is 2. The van der Waals surface area contributed by atoms with Crippen LogP contribution in [0.25, 0.3) is 0 Å². The van der Waals surface area contributed by atoms with Gasteiger partial charge in [0.15, 0.2) is 5.03 Å². The molecule has 3 heterocycles. The Morgan fingerprint density at radius 3 is 2.15 bits per heavy atom. The summed E-state index contributed by atoms with van der Waals surface area (Å²) >= 11 is 4.42. The van der Waals surface area contributed by atoms with Gasteiger partial charge in [0.1, 0.15) is 10.0 Å². The number of halogens is 1. The average Bonchev–Trinajstić information content (AvgIpc) is 3.05. The number of hydrogen-bond donors (Lipinski definition) is 0. The number of imidazole rings is 1. The van der Waals surface area contributed by atoms with Crippen LogP contribution in [0.2, 0.25) is 0 Å². The van der Waals surface area contributed by atoms with Gasteiger partial charge in [-0.05, 0) is 41.4 Å². The second-order valence-corrected chi connectivity index (χ2v) is 12.5. The van der Waals surface area contributed by atoms with Crippen molar-refractivity contribution in [2.45, 2.75) is 22.6 Å². The van der Waals surface area contributed by atoms with Gasteiger partial charge < -0.3 is 4.57 Å². The summed E-state index contributed by atoms with van der Waals surface area (Å²) in [6.45, 7) is 2.49. The Kier molecular flexibility index (Phi) is 5.62. The summed E-state index contributed by atoms with van der Waals surface area (Å²) in [6.07, 6.45) is 1.91. The van der Waals surface area contributed by atoms with Crippen LogP contribution in [0, 0.1) is 6.92 Å². The molecule has 1 fully saturated rings. The van der Waals surface area contributed by atoms with Crippen molar-refractivity contribution in [1.29, 1.82) is 0 Å². The van der Waals surface area contributed by atoms with E-state index >= 15 is 0 Å². The Balaban J connectivity index is 1.80. The van der Waals surface area contributed by atoms with Crippen molar-refractivity contribution >= 4 is 47.3 Å². The van der Waals surface area contributed by atoms with Gasteiger partial charge in [-0.15, -0.1) is 11.3 Å². The average molecular weight is 483 g/mol. The number of aryl methyl sites for hydroxylation is 2. The van der Waals surface area contributed by atoms with E-state index in [1.54, 1.807) is 30.7 Å². The van der Waals surface area contributed by atoms with Crippen molar-refractivity contribution < 1.29 is 16.8 Å². The molecule has 2 aromatic rings. The Morgan fingerprint density at radius 2 is 1.65 bits per heavy atom. The van der Waals surface area contributed by atoms with Gasteiger partial charge in [0.05, 0.1) is 3.79 Å². The molecule has 0 aromatic carbocycles. The number of hydrogen-bond acceptors (Lipinski definition) is 6. The standard InChI is InChI=1S/C14H19BrN4O4S3/c1-11-16-13(10-17(11)2)25(20,21)18-6-3-7-19(9-8-18)26(22,23)14-5-4-12(15)24-14/h4-5,10H,3,6-9H2,1-2H3. The molecule has 144 valence electrons. The highest BCUT2D eigenvalue weighted by atomic mass is 79.9. The zero-order valence-electron chi connectivity index (χ0n) is 14.3. The molecule has 0 N–H and O–H groups in total. The SMILES string of the molecule is Cc1nc(S(=O)(=O)N2CCCN(S(=O)(=O)c3ccc(Br)s3)CC2)cn1C. The third-order valence-corrected chi connectivity index (χ3v) is 10.0. The summed E-state index contributed by atoms with van der Waals surface area (Å²) in [4.78, 5) is 4.10. The van der Waals surface area contributed by atoms with Crippen LogP contribution in [0.5, 0.6) is 0 Å². The summed E-state index contributed by atoms with van der Waals surface area (Å²) in [5, 5.41) is -0.00371. The van der Waals surface area contributed by atoms with Crippen molar-refractivity contribution in [1.82, 2.24) is 18.2 Å². The van der Waals surface area contributed by atoms with E-state index in [-0.39, 0.29) is 35.4 Å². The fraction of sp³-hybridized carbons (Fsp3) is 0.500. The fourth-order valence-corrected chi connectivity index (χ4v) is 7.83. The van der Waals surface area contributed by atoms with E-state index < -0.39 is 20.0 Å². The van der Waals surface area contributed by atoms with E-state index in [2.05, 4.69) is 20.9 Å². The molecule has 2 aromatic heterocycles. The van der Waals surface area contributed by atoms with E-state index in [4.69, 9.17) is 0 Å². The maximum atomic E-state index is 12.8. The van der Waals surface area contributed by atoms with Gasteiger partial charge in [0.25, 0.3) is 20.0 Å². The Labute approximate surface area is 165 Å². The maximum Gasteiger partial charge on any atom is 0.262 e. The number of thiophene rings is 1. The summed E-state index contributed by atoms with van der Waals surface area (Å²) in [5.41, 5.74) is 0. The van der Waals surface area contributed by atoms with Gasteiger partial charge in [0, 0.05) is 39.4 Å². The molecule has 0 unspecified atom stereocenters. The second-order valence-electron chi connectivity index (χ2n) is 5.96. The van der Waals surface area contributed by atoms with Crippen LogP contribution in [0.4, 0.5) is 0 Å². The lowest BCUT2D eigenvalue weighted by Crippen LogP contribution is -2.37. The van der Waals surface area contributed by atoms with Crippen LogP contribution in [0.3, 0.4) is 0 Å². The molecular formula is C14H19BrN4O4S3. The molecule has 26 heavy (non-hydrogen) atoms. The molecule has 1 saturated heterocycles. The molecular weight excluding hydrogens is 464 g/mol. The zero-order valence-corrected chi connectivity index (χ0v) is 18.3. The highest BCUT2D eigenvalue weighted by molar-refractivity contribution is 9.11. The Bertz CT molecular complexity index is 993. The molecule has 0 saturated carbocycles. The lowest BCUT2D eigenvalue weighted by atomic mass is 10.4. The van der Waals surface area contributed by atoms with Gasteiger partial charge in [0.2, 0.25) is 0 Å². The largest absolute Gasteiger partial charge is 0.337 e. The van der Waals surface area contributed by atoms with Crippen molar-refractivity contribution in [3.8, 4) is 0 Å². The summed E-state index contributed by atoms with van der Waals surface area (Å²) in [7, 11) is -5.63. The monoisotopic (exact) mass is 482 g/mol. The zero-order chi connectivity index (χ0) is 19.1. The molecule has 0 atom stereocenters. The van der Waals surface area contributed by atoms with E-state index in [1.807, 2.05) is 0 Å². The molecule has 1 aliphatic rings. The van der Waals surface area contributed by atoms with Crippen LogP contribution in [-0.4, -0.2) is 61.2 Å². The third kappa shape index (κ3) is 3.76. The highest BCUT2D eigenvalue weighted by Gasteiger charge is 2.33. The van der Waals surface area contributed by atoms with Crippen LogP contribution in [0.15, 0.2) is 31.4 Å². The van der Waals surface area contributed by atoms with Crippen molar-refractivity contribution in [2.75, 3.05) is 26.2 Å². The van der Waals surface area contributed by atoms with Gasteiger partial charge in [-0.3, -0.25) is 0 Å². The van der Waals surface area contributed by atoms with Crippen LogP contribution in [-0.2, 0) is 27.1 Å². The minimum absolute atomic E-state index is 0.00371. The van der Waals surface area contributed by atoms with Gasteiger partial charge in [-0.2, -0.15) is 8.61 Å². The van der Waals surface area contributed by atoms with Crippen molar-refractivity contribution in [2.24, 2.45) is 7.05 Å². The molecule has 0 amide bonds. The first-order valence-electron chi connectivity index (χ1n) is 7.88. The minimum Gasteiger partial charge on any atom is -0.337 e. The smallest absolute Gasteiger partial charge is 0.262 e. The maximum absolute atomic E-state index is 12.8. The molecule has 8 nitrogen and oxygen atoms in total. The lowest BCUT2D eigenvalue weighted by Gasteiger charge is -2.20. The van der Waals surface area contributed by atoms with Crippen molar-refractivity contribution in [3.05, 3.63) is 27.9 Å². The molecule has 0 bridgehead atoms. The normalized spacial score (nSPS) is 18.1. The van der Waals surface area contributed by atoms with Gasteiger partial charge in [-0.1, -0.05) is 0 Å². The Morgan fingerprint density at radius 1 is 1.04 bits per heavy atom. The first-order valence-corrected chi connectivity index (χ1v) is 12.4. The third-order valence-electron chi connectivity index (χ3n) is 4.25. The van der Waals surface area contributed by atoms with E-state index in [0.29, 0.717) is 12.2 Å². The summed E-state index contributed by atoms with van der Waals surface area (Å²) < 4.78 is 56.4. The molecule has 0 spiro atoms. The molecule has 3 rings (SSSR count). The van der Waals surface area contributed by atoms with E-state index in [1.165, 1.54) is 14.8 Å². The minimum atomic E-state index is -3.74. The van der Waals surface area contributed by atoms with Crippen LogP contribution >= 0.6 is 27.3 Å². The first kappa shape index (κ1) is 20.0. The van der Waals surface area contributed by atoms with Crippen LogP contribution in [0.1, 0.15) is 12.2 Å². The molecule has 0 radical (unpaired) electrons. The fourth-order valence-electron chi connectivity index (χ4n) is 2.70. The van der Waals surface area contributed by atoms with E-state index in [9.17, 15) is 16.8 Å². The van der Waals surface area contributed by atoms with Gasteiger partial charge >= 0.3 is 0 Å². The quantitative estimate of drug-likeness (QED) is 0.660. The topological polar surface area (TPSA) is 92.6 Å². The lowest BCUT2D eigenvalue weighted by molar-refractivity contribution is 0.404. The van der Waals surface area contributed by atoms with Crippen LogP contribution < -0.4 is 0 Å². The number of nitrogens with zero attached hydrogens (tertiary/aromatic N) is 4. The van der Waals surface area contributed by atoms with Crippen molar-refractivity contribution in [3.63, 3.8) is 0 Å². The van der Waals surface area contributed by atoms with Gasteiger partial charge in [-0.25, -0.2) is 21.8 Å². The predicted molar refractivity (Wildman–Crippen MR) is 102 cm³/mol. The molecule has 12 heteroatoms. The van der Waals surface area contributed by atoms with E-state index in [0.717, 1.165) is 15.1 Å². The summed E-state index contributed by atoms with van der Waals surface area (Å²) in [5.74, 6) is 0.603. The predicted octanol–water partition coefficient (Wildman–Crippen LogP) is 1.64. The second kappa shape index (κ2) is 7.32. The first-order chi connectivity index (χ1) is 12.1. The number of sulfonamides is 2. The molecule has 1 aliphatic heterocycles. The number of rotatable bonds is 4. The highest BCUT2D eigenvalue weighted by Crippen LogP contribution is 2.29.